The number of fused-ring (bicyclic) bond motifs is 4. The Labute approximate surface area is 246 Å². The molecular formula is C34H36ClN3O3. The van der Waals surface area contributed by atoms with E-state index in [4.69, 9.17) is 21.1 Å². The molecule has 1 saturated heterocycles. The number of methoxy groups -OCH3 is 1. The fourth-order valence-electron chi connectivity index (χ4n) is 5.60. The maximum absolute atomic E-state index is 13.8. The van der Waals surface area contributed by atoms with E-state index in [1.807, 2.05) is 41.3 Å². The van der Waals surface area contributed by atoms with Gasteiger partial charge in [0.2, 0.25) is 0 Å². The van der Waals surface area contributed by atoms with Crippen LogP contribution in [-0.4, -0.2) is 49.7 Å². The third kappa shape index (κ3) is 6.04. The Kier molecular flexibility index (Phi) is 9.12. The molecule has 212 valence electrons. The molecule has 2 N–H and O–H groups in total. The van der Waals surface area contributed by atoms with E-state index in [0.29, 0.717) is 24.2 Å². The van der Waals surface area contributed by atoms with E-state index in [2.05, 4.69) is 53.8 Å². The average molecular weight is 570 g/mol. The van der Waals surface area contributed by atoms with E-state index in [9.17, 15) is 4.79 Å². The molecule has 6 rings (SSSR count). The highest BCUT2D eigenvalue weighted by molar-refractivity contribution is 6.19. The largest absolute Gasteiger partial charge is 0.497 e. The first-order valence-corrected chi connectivity index (χ1v) is 14.5. The third-order valence-electron chi connectivity index (χ3n) is 7.62. The summed E-state index contributed by atoms with van der Waals surface area (Å²) in [5, 5.41) is 7.01. The van der Waals surface area contributed by atoms with Crippen LogP contribution >= 0.6 is 11.6 Å². The average Bonchev–Trinajstić information content (AvgIpc) is 3.62. The molecule has 41 heavy (non-hydrogen) atoms. The van der Waals surface area contributed by atoms with Crippen LogP contribution in [0.3, 0.4) is 0 Å². The first kappa shape index (κ1) is 28.5. The molecule has 0 aliphatic carbocycles. The van der Waals surface area contributed by atoms with Crippen molar-refractivity contribution < 1.29 is 14.3 Å². The number of carbonyl (C=O) groups excluding carboxylic acids is 1. The standard InChI is InChI=1S/C28H28ClN3O3.C6H8/c1-34-20-6-7-23-17(12-20)13-25(31-23)28(33)32-16-18(15-29)27-22-5-3-2-4-21(22)24(14-26(27)32)30-19-8-10-35-11-9-19;1-3-5-6-4-2/h2-7,12-14,18-19,30-31H,8-11,15-16H2,1H3;3-6H,1-2H2/b;6-5-. The first-order chi connectivity index (χ1) is 20.1. The molecule has 0 radical (unpaired) electrons. The van der Waals surface area contributed by atoms with Gasteiger partial charge in [0.15, 0.2) is 0 Å². The van der Waals surface area contributed by atoms with Crippen LogP contribution in [0.15, 0.2) is 92.1 Å². The quantitative estimate of drug-likeness (QED) is 0.176. The number of carbonyl (C=O) groups is 1. The van der Waals surface area contributed by atoms with Gasteiger partial charge in [0.05, 0.1) is 12.8 Å². The highest BCUT2D eigenvalue weighted by Gasteiger charge is 2.35. The molecule has 3 heterocycles. The van der Waals surface area contributed by atoms with E-state index in [1.54, 1.807) is 19.3 Å². The fraction of sp³-hybridized carbons (Fsp3) is 0.265. The van der Waals surface area contributed by atoms with Crippen molar-refractivity contribution in [1.29, 1.82) is 0 Å². The summed E-state index contributed by atoms with van der Waals surface area (Å²) in [6, 6.07) is 18.6. The minimum Gasteiger partial charge on any atom is -0.497 e. The van der Waals surface area contributed by atoms with Crippen molar-refractivity contribution in [2.45, 2.75) is 24.8 Å². The summed E-state index contributed by atoms with van der Waals surface area (Å²) < 4.78 is 10.9. The SMILES string of the molecule is C=C/C=C\C=C.COc1ccc2[nH]c(C(=O)N3CC(CCl)c4c3cc(NC3CCOCC3)c3ccccc43)cc2c1. The number of H-pyrrole nitrogens is 1. The van der Waals surface area contributed by atoms with E-state index in [-0.39, 0.29) is 11.8 Å². The van der Waals surface area contributed by atoms with Crippen LogP contribution in [-0.2, 0) is 4.74 Å². The second-order valence-electron chi connectivity index (χ2n) is 10.2. The van der Waals surface area contributed by atoms with Gasteiger partial charge in [-0.3, -0.25) is 4.79 Å². The highest BCUT2D eigenvalue weighted by atomic mass is 35.5. The Bertz CT molecular complexity index is 1580. The molecule has 2 aliphatic heterocycles. The number of benzene rings is 3. The van der Waals surface area contributed by atoms with Gasteiger partial charge < -0.3 is 24.7 Å². The predicted octanol–water partition coefficient (Wildman–Crippen LogP) is 7.82. The number of rotatable bonds is 7. The van der Waals surface area contributed by atoms with Gasteiger partial charge in [-0.15, -0.1) is 11.6 Å². The number of nitrogens with one attached hydrogen (secondary N) is 2. The van der Waals surface area contributed by atoms with Crippen molar-refractivity contribution in [2.75, 3.05) is 43.0 Å². The van der Waals surface area contributed by atoms with Gasteiger partial charge in [0.1, 0.15) is 11.4 Å². The van der Waals surface area contributed by atoms with E-state index in [0.717, 1.165) is 65.0 Å². The molecular weight excluding hydrogens is 534 g/mol. The third-order valence-corrected chi connectivity index (χ3v) is 7.99. The number of amides is 1. The van der Waals surface area contributed by atoms with Gasteiger partial charge >= 0.3 is 0 Å². The van der Waals surface area contributed by atoms with Gasteiger partial charge in [-0.25, -0.2) is 0 Å². The van der Waals surface area contributed by atoms with Gasteiger partial charge in [-0.05, 0) is 54.1 Å². The summed E-state index contributed by atoms with van der Waals surface area (Å²) in [6.07, 6.45) is 9.01. The number of alkyl halides is 1. The number of aromatic nitrogens is 1. The van der Waals surface area contributed by atoms with Crippen molar-refractivity contribution in [1.82, 2.24) is 4.98 Å². The van der Waals surface area contributed by atoms with E-state index < -0.39 is 0 Å². The molecule has 6 nitrogen and oxygen atoms in total. The first-order valence-electron chi connectivity index (χ1n) is 13.9. The number of aromatic amines is 1. The minimum atomic E-state index is -0.0543. The summed E-state index contributed by atoms with van der Waals surface area (Å²) in [5.74, 6) is 1.24. The lowest BCUT2D eigenvalue weighted by Crippen LogP contribution is -2.30. The van der Waals surface area contributed by atoms with Crippen molar-refractivity contribution in [3.05, 3.63) is 103 Å². The van der Waals surface area contributed by atoms with Crippen molar-refractivity contribution in [3.8, 4) is 5.75 Å². The van der Waals surface area contributed by atoms with Crippen LogP contribution in [0.2, 0.25) is 0 Å². The molecule has 0 spiro atoms. The molecule has 0 bridgehead atoms. The lowest BCUT2D eigenvalue weighted by atomic mass is 9.94. The summed E-state index contributed by atoms with van der Waals surface area (Å²) in [4.78, 5) is 19.0. The Hall–Kier alpha value is -4.00. The second-order valence-corrected chi connectivity index (χ2v) is 10.5. The molecule has 1 fully saturated rings. The number of hydrogen-bond acceptors (Lipinski definition) is 4. The number of anilines is 2. The molecule has 1 aromatic heterocycles. The Balaban J connectivity index is 0.000000511. The van der Waals surface area contributed by atoms with Crippen LogP contribution in [0.1, 0.15) is 34.8 Å². The maximum Gasteiger partial charge on any atom is 0.274 e. The van der Waals surface area contributed by atoms with Crippen LogP contribution in [0.5, 0.6) is 5.75 Å². The number of halogens is 1. The molecule has 3 aromatic carbocycles. The topological polar surface area (TPSA) is 66.6 Å². The van der Waals surface area contributed by atoms with Crippen LogP contribution < -0.4 is 15.0 Å². The molecule has 1 unspecified atom stereocenters. The molecule has 1 atom stereocenters. The number of hydrogen-bond donors (Lipinski definition) is 2. The zero-order valence-corrected chi connectivity index (χ0v) is 24.1. The summed E-state index contributed by atoms with van der Waals surface area (Å²) in [7, 11) is 1.64. The molecule has 7 heteroatoms. The monoisotopic (exact) mass is 569 g/mol. The Morgan fingerprint density at radius 1 is 1.10 bits per heavy atom. The smallest absolute Gasteiger partial charge is 0.274 e. The molecule has 4 aromatic rings. The van der Waals surface area contributed by atoms with Gasteiger partial charge in [0, 0.05) is 59.6 Å². The zero-order valence-electron chi connectivity index (χ0n) is 23.4. The highest BCUT2D eigenvalue weighted by Crippen LogP contribution is 2.45. The van der Waals surface area contributed by atoms with Gasteiger partial charge in [0.25, 0.3) is 5.91 Å². The van der Waals surface area contributed by atoms with E-state index in [1.165, 1.54) is 5.39 Å². The van der Waals surface area contributed by atoms with Crippen molar-refractivity contribution in [2.24, 2.45) is 0 Å². The van der Waals surface area contributed by atoms with Crippen molar-refractivity contribution >= 4 is 50.6 Å². The lowest BCUT2D eigenvalue weighted by molar-refractivity contribution is 0.0905. The number of ether oxygens (including phenoxy) is 2. The van der Waals surface area contributed by atoms with Crippen molar-refractivity contribution in [3.63, 3.8) is 0 Å². The van der Waals surface area contributed by atoms with Gasteiger partial charge in [-0.2, -0.15) is 0 Å². The number of allylic oxidation sites excluding steroid dienone is 4. The normalized spacial score (nSPS) is 16.8. The molecule has 1 amide bonds. The Morgan fingerprint density at radius 3 is 2.51 bits per heavy atom. The minimum absolute atomic E-state index is 0.0543. The maximum atomic E-state index is 13.8. The zero-order chi connectivity index (χ0) is 28.8. The Morgan fingerprint density at radius 2 is 1.83 bits per heavy atom. The molecule has 0 saturated carbocycles. The predicted molar refractivity (Wildman–Crippen MR) is 171 cm³/mol. The summed E-state index contributed by atoms with van der Waals surface area (Å²) in [6.45, 7) is 9.02. The summed E-state index contributed by atoms with van der Waals surface area (Å²) in [5.41, 5.74) is 4.61. The lowest BCUT2D eigenvalue weighted by Gasteiger charge is -2.26. The summed E-state index contributed by atoms with van der Waals surface area (Å²) >= 11 is 6.46. The van der Waals surface area contributed by atoms with Gasteiger partial charge in [-0.1, -0.05) is 61.7 Å². The van der Waals surface area contributed by atoms with E-state index >= 15 is 0 Å². The number of nitrogens with zero attached hydrogens (tertiary/aromatic N) is 1. The second kappa shape index (κ2) is 13.1. The van der Waals surface area contributed by atoms with Crippen LogP contribution in [0, 0.1) is 0 Å². The van der Waals surface area contributed by atoms with Crippen LogP contribution in [0.4, 0.5) is 11.4 Å². The fourth-order valence-corrected chi connectivity index (χ4v) is 5.85. The molecule has 2 aliphatic rings. The van der Waals surface area contributed by atoms with Crippen LogP contribution in [0.25, 0.3) is 21.7 Å².